The van der Waals surface area contributed by atoms with Crippen LogP contribution in [0.2, 0.25) is 5.02 Å². The lowest BCUT2D eigenvalue weighted by molar-refractivity contribution is -0.119. The number of fused-ring (bicyclic) bond motifs is 1. The van der Waals surface area contributed by atoms with Crippen LogP contribution >= 0.6 is 24.0 Å². The van der Waals surface area contributed by atoms with Gasteiger partial charge in [-0.25, -0.2) is 4.39 Å². The molecule has 0 fully saturated rings. The number of halogens is 3. The highest BCUT2D eigenvalue weighted by molar-refractivity contribution is 6.31. The van der Waals surface area contributed by atoms with Gasteiger partial charge in [-0.05, 0) is 29.8 Å². The molecule has 1 aliphatic heterocycles. The second-order valence-corrected chi connectivity index (χ2v) is 5.10. The van der Waals surface area contributed by atoms with Gasteiger partial charge in [-0.2, -0.15) is 0 Å². The van der Waals surface area contributed by atoms with E-state index in [0.29, 0.717) is 22.8 Å². The lowest BCUT2D eigenvalue weighted by atomic mass is 10.1. The molecular weight excluding hydrogens is 314 g/mol. The molecule has 1 unspecified atom stereocenters. The molecule has 1 amide bonds. The molecular formula is C15H13Cl2FN2O. The van der Waals surface area contributed by atoms with Gasteiger partial charge in [-0.15, -0.1) is 12.4 Å². The van der Waals surface area contributed by atoms with E-state index in [4.69, 9.17) is 17.3 Å². The molecule has 6 heteroatoms. The van der Waals surface area contributed by atoms with Gasteiger partial charge >= 0.3 is 0 Å². The number of amides is 1. The Morgan fingerprint density at radius 3 is 2.67 bits per heavy atom. The molecule has 0 saturated carbocycles. The summed E-state index contributed by atoms with van der Waals surface area (Å²) in [7, 11) is 0. The summed E-state index contributed by atoms with van der Waals surface area (Å²) in [6.45, 7) is 0.324. The Morgan fingerprint density at radius 2 is 1.95 bits per heavy atom. The normalized spacial score (nSPS) is 16.6. The first kappa shape index (κ1) is 15.8. The van der Waals surface area contributed by atoms with Crippen LogP contribution in [0.15, 0.2) is 42.5 Å². The molecule has 0 radical (unpaired) electrons. The summed E-state index contributed by atoms with van der Waals surface area (Å²) in [6, 6.07) is 10.7. The summed E-state index contributed by atoms with van der Waals surface area (Å²) in [5, 5.41) is 0.587. The first-order chi connectivity index (χ1) is 9.58. The van der Waals surface area contributed by atoms with E-state index in [9.17, 15) is 9.18 Å². The number of hydrogen-bond donors (Lipinski definition) is 1. The van der Waals surface area contributed by atoms with E-state index < -0.39 is 11.9 Å². The van der Waals surface area contributed by atoms with E-state index in [-0.39, 0.29) is 18.3 Å². The highest BCUT2D eigenvalue weighted by Gasteiger charge is 2.35. The highest BCUT2D eigenvalue weighted by Crippen LogP contribution is 2.36. The van der Waals surface area contributed by atoms with Crippen LogP contribution in [0.4, 0.5) is 10.1 Å². The summed E-state index contributed by atoms with van der Waals surface area (Å²) in [4.78, 5) is 13.8. The topological polar surface area (TPSA) is 46.3 Å². The Morgan fingerprint density at radius 1 is 1.24 bits per heavy atom. The number of carbonyl (C=O) groups excluding carboxylic acids is 1. The van der Waals surface area contributed by atoms with Gasteiger partial charge in [-0.3, -0.25) is 4.79 Å². The molecule has 2 N–H and O–H groups in total. The fourth-order valence-corrected chi connectivity index (χ4v) is 2.60. The van der Waals surface area contributed by atoms with Crippen molar-refractivity contribution in [1.29, 1.82) is 0 Å². The Kier molecular flexibility index (Phi) is 4.52. The fraction of sp³-hybridized carbons (Fsp3) is 0.133. The molecule has 2 aromatic rings. The zero-order valence-corrected chi connectivity index (χ0v) is 12.5. The summed E-state index contributed by atoms with van der Waals surface area (Å²) in [5.41, 5.74) is 7.83. The lowest BCUT2D eigenvalue weighted by Gasteiger charge is -2.18. The molecule has 0 spiro atoms. The van der Waals surface area contributed by atoms with Gasteiger partial charge in [-0.1, -0.05) is 29.8 Å². The van der Waals surface area contributed by atoms with Gasteiger partial charge in [0.15, 0.2) is 0 Å². The molecule has 3 nitrogen and oxygen atoms in total. The van der Waals surface area contributed by atoms with E-state index in [1.165, 1.54) is 12.1 Å². The quantitative estimate of drug-likeness (QED) is 0.918. The van der Waals surface area contributed by atoms with Crippen molar-refractivity contribution in [2.24, 2.45) is 5.73 Å². The van der Waals surface area contributed by atoms with Gasteiger partial charge < -0.3 is 10.6 Å². The second kappa shape index (κ2) is 6.02. The van der Waals surface area contributed by atoms with Crippen molar-refractivity contribution in [2.75, 3.05) is 4.90 Å². The number of rotatable bonds is 2. The summed E-state index contributed by atoms with van der Waals surface area (Å²) in [6.07, 6.45) is 0. The smallest absolute Gasteiger partial charge is 0.248 e. The van der Waals surface area contributed by atoms with Crippen LogP contribution in [0, 0.1) is 5.82 Å². The Labute approximate surface area is 132 Å². The number of anilines is 1. The van der Waals surface area contributed by atoms with Crippen molar-refractivity contribution >= 4 is 35.6 Å². The van der Waals surface area contributed by atoms with Crippen LogP contribution in [0.1, 0.15) is 17.2 Å². The third kappa shape index (κ3) is 2.75. The van der Waals surface area contributed by atoms with Crippen molar-refractivity contribution in [1.82, 2.24) is 0 Å². The maximum absolute atomic E-state index is 13.3. The standard InChI is InChI=1S/C15H12ClFN2O.ClH/c16-12-4-2-1-3-9(12)8-19-13-6-5-10(17)7-11(13)14(18)15(19)20;/h1-7,14H,8,18H2;1H. The SMILES string of the molecule is Cl.NC1C(=O)N(Cc2ccccc2Cl)c2ccc(F)cc21. The van der Waals surface area contributed by atoms with Crippen molar-refractivity contribution in [3.05, 3.63) is 64.4 Å². The third-order valence-corrected chi connectivity index (χ3v) is 3.80. The third-order valence-electron chi connectivity index (χ3n) is 3.43. The first-order valence-electron chi connectivity index (χ1n) is 6.18. The van der Waals surface area contributed by atoms with Crippen LogP contribution in [-0.4, -0.2) is 5.91 Å². The van der Waals surface area contributed by atoms with Gasteiger partial charge in [0.05, 0.1) is 6.54 Å². The van der Waals surface area contributed by atoms with Gasteiger partial charge in [0.2, 0.25) is 5.91 Å². The molecule has 2 aromatic carbocycles. The Balaban J connectivity index is 0.00000161. The van der Waals surface area contributed by atoms with Crippen LogP contribution in [0.5, 0.6) is 0 Å². The number of hydrogen-bond acceptors (Lipinski definition) is 2. The minimum atomic E-state index is -0.816. The molecule has 0 aliphatic carbocycles. The summed E-state index contributed by atoms with van der Waals surface area (Å²) in [5.74, 6) is -0.642. The van der Waals surface area contributed by atoms with E-state index >= 15 is 0 Å². The average molecular weight is 327 g/mol. The van der Waals surface area contributed by atoms with Crippen LogP contribution in [0.25, 0.3) is 0 Å². The van der Waals surface area contributed by atoms with Crippen molar-refractivity contribution in [2.45, 2.75) is 12.6 Å². The van der Waals surface area contributed by atoms with Gasteiger partial charge in [0, 0.05) is 16.3 Å². The van der Waals surface area contributed by atoms with E-state index in [2.05, 4.69) is 0 Å². The highest BCUT2D eigenvalue weighted by atomic mass is 35.5. The van der Waals surface area contributed by atoms with Crippen LogP contribution in [0.3, 0.4) is 0 Å². The molecule has 0 bridgehead atoms. The first-order valence-corrected chi connectivity index (χ1v) is 6.55. The van der Waals surface area contributed by atoms with Crippen molar-refractivity contribution in [3.63, 3.8) is 0 Å². The van der Waals surface area contributed by atoms with Crippen LogP contribution < -0.4 is 10.6 Å². The molecule has 0 saturated heterocycles. The van der Waals surface area contributed by atoms with E-state index in [1.807, 2.05) is 18.2 Å². The van der Waals surface area contributed by atoms with Gasteiger partial charge in [0.25, 0.3) is 0 Å². The van der Waals surface area contributed by atoms with Gasteiger partial charge in [0.1, 0.15) is 11.9 Å². The minimum absolute atomic E-state index is 0. The maximum atomic E-state index is 13.3. The molecule has 1 atom stereocenters. The molecule has 1 heterocycles. The van der Waals surface area contributed by atoms with Crippen molar-refractivity contribution in [3.8, 4) is 0 Å². The summed E-state index contributed by atoms with van der Waals surface area (Å²) >= 11 is 6.11. The van der Waals surface area contributed by atoms with E-state index in [1.54, 1.807) is 17.0 Å². The fourth-order valence-electron chi connectivity index (χ4n) is 2.40. The monoisotopic (exact) mass is 326 g/mol. The maximum Gasteiger partial charge on any atom is 0.248 e. The number of benzene rings is 2. The molecule has 1 aliphatic rings. The zero-order valence-electron chi connectivity index (χ0n) is 10.9. The molecule has 110 valence electrons. The Hall–Kier alpha value is -1.62. The number of nitrogens with two attached hydrogens (primary N) is 1. The van der Waals surface area contributed by atoms with E-state index in [0.717, 1.165) is 5.56 Å². The average Bonchev–Trinajstić information content (AvgIpc) is 2.66. The zero-order chi connectivity index (χ0) is 14.3. The minimum Gasteiger partial charge on any atom is -0.316 e. The molecule has 3 rings (SSSR count). The largest absolute Gasteiger partial charge is 0.316 e. The molecule has 0 aromatic heterocycles. The molecule has 21 heavy (non-hydrogen) atoms. The Bertz CT molecular complexity index is 693. The van der Waals surface area contributed by atoms with Crippen LogP contribution in [-0.2, 0) is 11.3 Å². The lowest BCUT2D eigenvalue weighted by Crippen LogP contribution is -2.31. The van der Waals surface area contributed by atoms with Crippen molar-refractivity contribution < 1.29 is 9.18 Å². The predicted molar refractivity (Wildman–Crippen MR) is 83.2 cm³/mol. The number of carbonyl (C=O) groups is 1. The summed E-state index contributed by atoms with van der Waals surface area (Å²) < 4.78 is 13.3. The second-order valence-electron chi connectivity index (χ2n) is 4.70. The number of nitrogens with zero attached hydrogens (tertiary/aromatic N) is 1. The predicted octanol–water partition coefficient (Wildman–Crippen LogP) is 3.45.